The second kappa shape index (κ2) is 9.21. The lowest BCUT2D eigenvalue weighted by Gasteiger charge is -2.12. The number of halogens is 1. The van der Waals surface area contributed by atoms with Gasteiger partial charge in [0.05, 0.1) is 5.69 Å². The van der Waals surface area contributed by atoms with E-state index >= 15 is 0 Å². The van der Waals surface area contributed by atoms with Crippen LogP contribution in [0.1, 0.15) is 17.9 Å². The first kappa shape index (κ1) is 20.3. The van der Waals surface area contributed by atoms with Gasteiger partial charge in [-0.2, -0.15) is 0 Å². The molecular weight excluding hydrogens is 397 g/mol. The molecule has 0 spiro atoms. The third-order valence-electron chi connectivity index (χ3n) is 4.52. The van der Waals surface area contributed by atoms with Gasteiger partial charge >= 0.3 is 0 Å². The minimum atomic E-state index is -0.399. The Hall–Kier alpha value is -4.00. The number of nitrogens with one attached hydrogen (secondary N) is 1. The molecule has 156 valence electrons. The number of hydrogen-bond acceptors (Lipinski definition) is 5. The number of amides is 1. The first-order valence-electron chi connectivity index (χ1n) is 9.78. The molecule has 4 aromatic rings. The third-order valence-corrected chi connectivity index (χ3v) is 4.52. The second-order valence-electron chi connectivity index (χ2n) is 6.97. The summed E-state index contributed by atoms with van der Waals surface area (Å²) in [5.41, 5.74) is 2.46. The Balaban J connectivity index is 1.37. The molecule has 3 aromatic carbocycles. The molecule has 4 rings (SSSR count). The number of carbonyl (C=O) groups is 1. The predicted octanol–water partition coefficient (Wildman–Crippen LogP) is 5.55. The van der Waals surface area contributed by atoms with E-state index in [0.717, 1.165) is 11.1 Å². The molecule has 6 nitrogen and oxygen atoms in total. The number of aryl methyl sites for hydroxylation is 2. The molecule has 31 heavy (non-hydrogen) atoms. The minimum absolute atomic E-state index is 0.157. The summed E-state index contributed by atoms with van der Waals surface area (Å²) in [5, 5.41) is 10.9. The normalized spacial score (nSPS) is 10.6. The molecule has 1 aromatic heterocycles. The van der Waals surface area contributed by atoms with Crippen molar-refractivity contribution in [3.8, 4) is 23.0 Å². The van der Waals surface area contributed by atoms with E-state index in [1.165, 1.54) is 12.1 Å². The molecule has 0 radical (unpaired) electrons. The number of carbonyl (C=O) groups excluding carboxylic acids is 1. The van der Waals surface area contributed by atoms with E-state index in [0.29, 0.717) is 35.4 Å². The van der Waals surface area contributed by atoms with Crippen molar-refractivity contribution in [2.45, 2.75) is 19.8 Å². The van der Waals surface area contributed by atoms with E-state index in [1.807, 2.05) is 31.2 Å². The van der Waals surface area contributed by atoms with Gasteiger partial charge in [0.1, 0.15) is 11.6 Å². The Labute approximate surface area is 178 Å². The summed E-state index contributed by atoms with van der Waals surface area (Å²) in [4.78, 5) is 12.4. The molecule has 0 fully saturated rings. The van der Waals surface area contributed by atoms with Crippen LogP contribution in [0.5, 0.6) is 11.5 Å². The second-order valence-corrected chi connectivity index (χ2v) is 6.97. The molecule has 0 aliphatic rings. The topological polar surface area (TPSA) is 77.2 Å². The van der Waals surface area contributed by atoms with E-state index in [9.17, 15) is 9.18 Å². The molecular formula is C24H20FN3O3. The smallest absolute Gasteiger partial charge is 0.247 e. The Morgan fingerprint density at radius 2 is 1.84 bits per heavy atom. The Kier molecular flexibility index (Phi) is 6.03. The van der Waals surface area contributed by atoms with Crippen LogP contribution in [0.25, 0.3) is 11.5 Å². The fraction of sp³-hybridized carbons (Fsp3) is 0.125. The van der Waals surface area contributed by atoms with E-state index in [-0.39, 0.29) is 12.3 Å². The molecule has 0 saturated heterocycles. The molecule has 0 aliphatic carbocycles. The predicted molar refractivity (Wildman–Crippen MR) is 114 cm³/mol. The SMILES string of the molecule is Cc1ccc(-c2nnc(CCC(=O)Nc3ccccc3Oc3cccc(F)c3)o2)cc1. The average molecular weight is 417 g/mol. The van der Waals surface area contributed by atoms with Crippen LogP contribution in [0, 0.1) is 12.7 Å². The van der Waals surface area contributed by atoms with Crippen molar-refractivity contribution in [1.29, 1.82) is 0 Å². The molecule has 7 heteroatoms. The summed E-state index contributed by atoms with van der Waals surface area (Å²) in [6.45, 7) is 2.00. The molecule has 0 aliphatic heterocycles. The number of rotatable bonds is 7. The number of nitrogens with zero attached hydrogens (tertiary/aromatic N) is 2. The lowest BCUT2D eigenvalue weighted by molar-refractivity contribution is -0.116. The van der Waals surface area contributed by atoms with Crippen LogP contribution in [-0.2, 0) is 11.2 Å². The molecule has 0 saturated carbocycles. The molecule has 1 N–H and O–H groups in total. The van der Waals surface area contributed by atoms with Crippen LogP contribution >= 0.6 is 0 Å². The van der Waals surface area contributed by atoms with Crippen molar-refractivity contribution in [3.05, 3.63) is 90.1 Å². The number of hydrogen-bond donors (Lipinski definition) is 1. The monoisotopic (exact) mass is 417 g/mol. The summed E-state index contributed by atoms with van der Waals surface area (Å²) >= 11 is 0. The molecule has 0 bridgehead atoms. The van der Waals surface area contributed by atoms with Gasteiger partial charge in [0.25, 0.3) is 0 Å². The van der Waals surface area contributed by atoms with Gasteiger partial charge in [0.15, 0.2) is 5.75 Å². The maximum absolute atomic E-state index is 13.4. The van der Waals surface area contributed by atoms with Gasteiger partial charge in [-0.3, -0.25) is 4.79 Å². The van der Waals surface area contributed by atoms with Crippen molar-refractivity contribution in [1.82, 2.24) is 10.2 Å². The zero-order valence-electron chi connectivity index (χ0n) is 16.8. The first-order chi connectivity index (χ1) is 15.1. The Morgan fingerprint density at radius 1 is 1.03 bits per heavy atom. The standard InChI is InChI=1S/C24H20FN3O3/c1-16-9-11-17(12-10-16)24-28-27-23(31-24)14-13-22(29)26-20-7-2-3-8-21(20)30-19-6-4-5-18(25)15-19/h2-12,15H,13-14H2,1H3,(H,26,29). The van der Waals surface area contributed by atoms with Crippen molar-refractivity contribution in [2.24, 2.45) is 0 Å². The van der Waals surface area contributed by atoms with Gasteiger partial charge in [-0.1, -0.05) is 35.9 Å². The van der Waals surface area contributed by atoms with Gasteiger partial charge in [0, 0.05) is 24.5 Å². The van der Waals surface area contributed by atoms with Crippen LogP contribution in [0.3, 0.4) is 0 Å². The van der Waals surface area contributed by atoms with Gasteiger partial charge < -0.3 is 14.5 Å². The maximum Gasteiger partial charge on any atom is 0.247 e. The summed E-state index contributed by atoms with van der Waals surface area (Å²) in [7, 11) is 0. The fourth-order valence-electron chi connectivity index (χ4n) is 2.92. The van der Waals surface area contributed by atoms with Crippen molar-refractivity contribution in [3.63, 3.8) is 0 Å². The molecule has 1 amide bonds. The summed E-state index contributed by atoms with van der Waals surface area (Å²) in [5.74, 6) is 0.935. The number of ether oxygens (including phenoxy) is 1. The number of benzene rings is 3. The largest absolute Gasteiger partial charge is 0.455 e. The third kappa shape index (κ3) is 5.33. The Bertz CT molecular complexity index is 1190. The van der Waals surface area contributed by atoms with Crippen LogP contribution in [-0.4, -0.2) is 16.1 Å². The lowest BCUT2D eigenvalue weighted by Crippen LogP contribution is -2.13. The fourth-order valence-corrected chi connectivity index (χ4v) is 2.92. The van der Waals surface area contributed by atoms with E-state index in [2.05, 4.69) is 15.5 Å². The highest BCUT2D eigenvalue weighted by molar-refractivity contribution is 5.92. The summed E-state index contributed by atoms with van der Waals surface area (Å²) in [6, 6.07) is 20.5. The van der Waals surface area contributed by atoms with Crippen molar-refractivity contribution < 1.29 is 18.3 Å². The van der Waals surface area contributed by atoms with Crippen LogP contribution in [0.2, 0.25) is 0 Å². The lowest BCUT2D eigenvalue weighted by atomic mass is 10.1. The zero-order chi connectivity index (χ0) is 21.6. The zero-order valence-corrected chi connectivity index (χ0v) is 16.8. The number of para-hydroxylation sites is 2. The summed E-state index contributed by atoms with van der Waals surface area (Å²) < 4.78 is 24.8. The van der Waals surface area contributed by atoms with Gasteiger partial charge in [0.2, 0.25) is 17.7 Å². The summed E-state index contributed by atoms with van der Waals surface area (Å²) in [6.07, 6.45) is 0.460. The highest BCUT2D eigenvalue weighted by Gasteiger charge is 2.13. The number of anilines is 1. The maximum atomic E-state index is 13.4. The van der Waals surface area contributed by atoms with E-state index in [1.54, 1.807) is 36.4 Å². The van der Waals surface area contributed by atoms with Gasteiger partial charge in [-0.25, -0.2) is 4.39 Å². The molecule has 1 heterocycles. The quantitative estimate of drug-likeness (QED) is 0.427. The van der Waals surface area contributed by atoms with Crippen LogP contribution in [0.15, 0.2) is 77.2 Å². The van der Waals surface area contributed by atoms with Gasteiger partial charge in [-0.05, 0) is 43.3 Å². The van der Waals surface area contributed by atoms with E-state index < -0.39 is 5.82 Å². The van der Waals surface area contributed by atoms with Gasteiger partial charge in [-0.15, -0.1) is 10.2 Å². The van der Waals surface area contributed by atoms with Crippen molar-refractivity contribution >= 4 is 11.6 Å². The number of aromatic nitrogens is 2. The minimum Gasteiger partial charge on any atom is -0.455 e. The first-order valence-corrected chi connectivity index (χ1v) is 9.78. The molecule has 0 atom stereocenters. The van der Waals surface area contributed by atoms with Crippen molar-refractivity contribution in [2.75, 3.05) is 5.32 Å². The molecule has 0 unspecified atom stereocenters. The Morgan fingerprint density at radius 3 is 2.65 bits per heavy atom. The van der Waals surface area contributed by atoms with Crippen LogP contribution in [0.4, 0.5) is 10.1 Å². The highest BCUT2D eigenvalue weighted by Crippen LogP contribution is 2.29. The highest BCUT2D eigenvalue weighted by atomic mass is 19.1. The average Bonchev–Trinajstić information content (AvgIpc) is 3.23. The van der Waals surface area contributed by atoms with E-state index in [4.69, 9.17) is 9.15 Å². The van der Waals surface area contributed by atoms with Crippen LogP contribution < -0.4 is 10.1 Å².